The molecule has 0 bridgehead atoms. The van der Waals surface area contributed by atoms with Gasteiger partial charge in [-0.1, -0.05) is 34.8 Å². The van der Waals surface area contributed by atoms with Crippen LogP contribution in [-0.2, 0) is 4.79 Å². The number of amides is 2. The van der Waals surface area contributed by atoms with Crippen molar-refractivity contribution in [3.05, 3.63) is 73.5 Å². The van der Waals surface area contributed by atoms with E-state index in [1.165, 1.54) is 29.1 Å². The van der Waals surface area contributed by atoms with E-state index in [1.54, 1.807) is 19.1 Å². The molecule has 32 heavy (non-hydrogen) atoms. The minimum Gasteiger partial charge on any atom is -0.353 e. The molecular formula is C20H14BrCl3FN5O2. The Labute approximate surface area is 205 Å². The molecule has 2 aromatic heterocycles. The second-order valence-corrected chi connectivity index (χ2v) is 8.29. The molecule has 2 heterocycles. The summed E-state index contributed by atoms with van der Waals surface area (Å²) in [5, 5.41) is 9.56. The maximum Gasteiger partial charge on any atom is 0.274 e. The lowest BCUT2D eigenvalue weighted by Crippen LogP contribution is -2.20. The van der Waals surface area contributed by atoms with Crippen molar-refractivity contribution in [1.82, 2.24) is 20.1 Å². The van der Waals surface area contributed by atoms with Gasteiger partial charge in [0, 0.05) is 35.5 Å². The standard InChI is InChI=1S/C20H14BrCl3FN5O2/c1-2-26-17(31)8-14(25)11-6-10(22)7-13(24)18(11)28-20(32)15-9-16(21)29-30(15)19-12(23)4-3-5-27-19/h3-9H,2H2,1H3,(H,26,31)(H,28,32). The van der Waals surface area contributed by atoms with Crippen LogP contribution in [0.15, 0.2) is 47.2 Å². The van der Waals surface area contributed by atoms with Crippen LogP contribution in [0.2, 0.25) is 15.1 Å². The summed E-state index contributed by atoms with van der Waals surface area (Å²) in [6.45, 7) is 2.01. The zero-order valence-corrected chi connectivity index (χ0v) is 20.2. The number of carbonyl (C=O) groups is 2. The normalized spacial score (nSPS) is 11.4. The quantitative estimate of drug-likeness (QED) is 0.379. The Morgan fingerprint density at radius 1 is 1.22 bits per heavy atom. The Morgan fingerprint density at radius 3 is 2.66 bits per heavy atom. The van der Waals surface area contributed by atoms with E-state index in [0.717, 1.165) is 6.08 Å². The molecule has 0 saturated heterocycles. The molecule has 3 rings (SSSR count). The van der Waals surface area contributed by atoms with Gasteiger partial charge in [0.05, 0.1) is 15.7 Å². The van der Waals surface area contributed by atoms with Gasteiger partial charge in [-0.25, -0.2) is 14.1 Å². The second kappa shape index (κ2) is 10.4. The number of hydrogen-bond acceptors (Lipinski definition) is 4. The predicted octanol–water partition coefficient (Wildman–Crippen LogP) is 5.69. The van der Waals surface area contributed by atoms with Crippen LogP contribution in [0.4, 0.5) is 10.1 Å². The first kappa shape index (κ1) is 24.2. The van der Waals surface area contributed by atoms with Gasteiger partial charge in [-0.05, 0) is 47.1 Å². The number of aromatic nitrogens is 3. The maximum atomic E-state index is 14.9. The van der Waals surface area contributed by atoms with Crippen molar-refractivity contribution in [3.63, 3.8) is 0 Å². The molecule has 166 valence electrons. The highest BCUT2D eigenvalue weighted by Gasteiger charge is 2.22. The van der Waals surface area contributed by atoms with Crippen LogP contribution in [-0.4, -0.2) is 33.1 Å². The number of anilines is 1. The summed E-state index contributed by atoms with van der Waals surface area (Å²) >= 11 is 21.7. The third-order valence-corrected chi connectivity index (χ3v) is 5.21. The summed E-state index contributed by atoms with van der Waals surface area (Å²) in [5.41, 5.74) is -0.194. The Balaban J connectivity index is 2.03. The van der Waals surface area contributed by atoms with E-state index < -0.39 is 17.6 Å². The van der Waals surface area contributed by atoms with Gasteiger partial charge in [0.2, 0.25) is 5.91 Å². The summed E-state index contributed by atoms with van der Waals surface area (Å²) in [7, 11) is 0. The Morgan fingerprint density at radius 2 is 1.97 bits per heavy atom. The zero-order chi connectivity index (χ0) is 23.4. The van der Waals surface area contributed by atoms with Crippen molar-refractivity contribution in [1.29, 1.82) is 0 Å². The molecule has 7 nitrogen and oxygen atoms in total. The van der Waals surface area contributed by atoms with Crippen LogP contribution in [0.3, 0.4) is 0 Å². The molecule has 0 saturated carbocycles. The fourth-order valence-corrected chi connectivity index (χ4v) is 3.81. The highest BCUT2D eigenvalue weighted by Crippen LogP contribution is 2.35. The predicted molar refractivity (Wildman–Crippen MR) is 126 cm³/mol. The van der Waals surface area contributed by atoms with Gasteiger partial charge in [0.1, 0.15) is 16.1 Å². The average Bonchev–Trinajstić information content (AvgIpc) is 3.11. The van der Waals surface area contributed by atoms with Crippen molar-refractivity contribution in [2.45, 2.75) is 6.92 Å². The largest absolute Gasteiger partial charge is 0.353 e. The van der Waals surface area contributed by atoms with E-state index in [9.17, 15) is 14.0 Å². The minimum atomic E-state index is -0.932. The van der Waals surface area contributed by atoms with Gasteiger partial charge in [-0.2, -0.15) is 5.10 Å². The molecule has 0 fully saturated rings. The summed E-state index contributed by atoms with van der Waals surface area (Å²) < 4.78 is 16.4. The number of halogens is 5. The highest BCUT2D eigenvalue weighted by molar-refractivity contribution is 9.10. The summed E-state index contributed by atoms with van der Waals surface area (Å²) in [6, 6.07) is 7.25. The van der Waals surface area contributed by atoms with E-state index in [-0.39, 0.29) is 37.8 Å². The molecule has 0 aliphatic heterocycles. The summed E-state index contributed by atoms with van der Waals surface area (Å²) in [6.07, 6.45) is 2.24. The Bertz CT molecular complexity index is 1230. The molecule has 1 aromatic carbocycles. The third-order valence-electron chi connectivity index (χ3n) is 4.01. The number of rotatable bonds is 6. The SMILES string of the molecule is CCNC(=O)C=C(F)c1cc(Cl)cc(Cl)c1NC(=O)c1cc(Br)nn1-c1ncccc1Cl. The van der Waals surface area contributed by atoms with E-state index in [0.29, 0.717) is 11.1 Å². The van der Waals surface area contributed by atoms with Crippen molar-refractivity contribution in [3.8, 4) is 5.82 Å². The number of benzene rings is 1. The second-order valence-electron chi connectivity index (χ2n) is 6.22. The fraction of sp³-hybridized carbons (Fsp3) is 0.100. The molecule has 2 amide bonds. The molecular weight excluding hydrogens is 548 g/mol. The molecule has 0 aliphatic rings. The lowest BCUT2D eigenvalue weighted by Gasteiger charge is -2.14. The van der Waals surface area contributed by atoms with Crippen LogP contribution in [0, 0.1) is 0 Å². The lowest BCUT2D eigenvalue weighted by atomic mass is 10.1. The minimum absolute atomic E-state index is 0.0266. The smallest absolute Gasteiger partial charge is 0.274 e. The number of pyridine rings is 1. The maximum absolute atomic E-state index is 14.9. The van der Waals surface area contributed by atoms with Gasteiger partial charge in [0.25, 0.3) is 5.91 Å². The first-order chi connectivity index (χ1) is 15.2. The van der Waals surface area contributed by atoms with Crippen LogP contribution in [0.1, 0.15) is 23.0 Å². The molecule has 0 radical (unpaired) electrons. The Hall–Kier alpha value is -2.46. The first-order valence-corrected chi connectivity index (χ1v) is 11.0. The topological polar surface area (TPSA) is 88.9 Å². The van der Waals surface area contributed by atoms with Gasteiger partial charge >= 0.3 is 0 Å². The van der Waals surface area contributed by atoms with Crippen LogP contribution in [0.25, 0.3) is 11.6 Å². The van der Waals surface area contributed by atoms with E-state index in [1.807, 2.05) is 0 Å². The van der Waals surface area contributed by atoms with Crippen molar-refractivity contribution >= 4 is 74.1 Å². The molecule has 12 heteroatoms. The van der Waals surface area contributed by atoms with Crippen LogP contribution < -0.4 is 10.6 Å². The molecule has 3 aromatic rings. The van der Waals surface area contributed by atoms with Gasteiger partial charge < -0.3 is 10.6 Å². The van der Waals surface area contributed by atoms with Gasteiger partial charge in [-0.3, -0.25) is 9.59 Å². The first-order valence-electron chi connectivity index (χ1n) is 9.03. The van der Waals surface area contributed by atoms with E-state index in [2.05, 4.69) is 36.6 Å². The molecule has 2 N–H and O–H groups in total. The lowest BCUT2D eigenvalue weighted by molar-refractivity contribution is -0.116. The van der Waals surface area contributed by atoms with Gasteiger partial charge in [0.15, 0.2) is 5.82 Å². The number of likely N-dealkylation sites (N-methyl/N-ethyl adjacent to an activating group) is 1. The van der Waals surface area contributed by atoms with Crippen molar-refractivity contribution in [2.24, 2.45) is 0 Å². The number of nitrogens with zero attached hydrogens (tertiary/aromatic N) is 3. The number of nitrogens with one attached hydrogen (secondary N) is 2. The Kier molecular flexibility index (Phi) is 7.89. The average molecular weight is 562 g/mol. The summed E-state index contributed by atoms with van der Waals surface area (Å²) in [5.74, 6) is -2.04. The van der Waals surface area contributed by atoms with Crippen LogP contribution >= 0.6 is 50.7 Å². The van der Waals surface area contributed by atoms with E-state index in [4.69, 9.17) is 34.8 Å². The van der Waals surface area contributed by atoms with Gasteiger partial charge in [-0.15, -0.1) is 0 Å². The van der Waals surface area contributed by atoms with Crippen molar-refractivity contribution in [2.75, 3.05) is 11.9 Å². The molecule has 0 aliphatic carbocycles. The van der Waals surface area contributed by atoms with E-state index >= 15 is 0 Å². The third kappa shape index (κ3) is 5.47. The highest BCUT2D eigenvalue weighted by atomic mass is 79.9. The monoisotopic (exact) mass is 559 g/mol. The molecule has 0 unspecified atom stereocenters. The fourth-order valence-electron chi connectivity index (χ4n) is 2.69. The molecule has 0 spiro atoms. The zero-order valence-electron chi connectivity index (χ0n) is 16.3. The number of hydrogen-bond donors (Lipinski definition) is 2. The number of carbonyl (C=O) groups excluding carboxylic acids is 2. The van der Waals surface area contributed by atoms with Crippen molar-refractivity contribution < 1.29 is 14.0 Å². The van der Waals surface area contributed by atoms with Crippen LogP contribution in [0.5, 0.6) is 0 Å². The summed E-state index contributed by atoms with van der Waals surface area (Å²) in [4.78, 5) is 29.0. The molecule has 0 atom stereocenters.